The van der Waals surface area contributed by atoms with Gasteiger partial charge in [-0.05, 0) is 36.8 Å². The molecular formula is C16H19N3O2S. The molecule has 0 amide bonds. The highest BCUT2D eigenvalue weighted by Crippen LogP contribution is 2.32. The van der Waals surface area contributed by atoms with Gasteiger partial charge in [0.2, 0.25) is 0 Å². The molecule has 6 heteroatoms. The highest BCUT2D eigenvalue weighted by atomic mass is 32.1. The van der Waals surface area contributed by atoms with E-state index < -0.39 is 0 Å². The molecule has 0 spiro atoms. The molecule has 116 valence electrons. The maximum absolute atomic E-state index is 11.0. The van der Waals surface area contributed by atoms with Gasteiger partial charge in [-0.25, -0.2) is 4.98 Å². The molecule has 2 aromatic rings. The van der Waals surface area contributed by atoms with Gasteiger partial charge in [-0.3, -0.25) is 10.1 Å². The molecule has 1 atom stereocenters. The third kappa shape index (κ3) is 3.18. The van der Waals surface area contributed by atoms with Crippen molar-refractivity contribution >= 4 is 17.0 Å². The van der Waals surface area contributed by atoms with Crippen LogP contribution in [-0.4, -0.2) is 9.91 Å². The lowest BCUT2D eigenvalue weighted by atomic mass is 9.87. The van der Waals surface area contributed by atoms with Gasteiger partial charge in [0.25, 0.3) is 5.69 Å². The number of nitrogens with one attached hydrogen (secondary N) is 1. The molecule has 3 rings (SSSR count). The van der Waals surface area contributed by atoms with Crippen LogP contribution < -0.4 is 5.32 Å². The second kappa shape index (κ2) is 6.54. The monoisotopic (exact) mass is 317 g/mol. The molecule has 0 saturated heterocycles. The third-order valence-corrected chi connectivity index (χ3v) is 5.13. The Hall–Kier alpha value is -1.79. The Morgan fingerprint density at radius 2 is 2.36 bits per heavy atom. The lowest BCUT2D eigenvalue weighted by Gasteiger charge is -2.26. The van der Waals surface area contributed by atoms with Crippen LogP contribution in [0.1, 0.15) is 47.6 Å². The predicted octanol–water partition coefficient (Wildman–Crippen LogP) is 3.78. The van der Waals surface area contributed by atoms with E-state index in [2.05, 4.69) is 22.6 Å². The standard InChI is InChI=1S/C16H19N3O2S/c1-2-16-18-12(10-22-16)9-17-15-5-3-4-11-6-7-13(19(20)21)8-14(11)15/h6-8,10,15,17H,2-5,9H2,1H3/t15-/m1/s1. The molecule has 0 saturated carbocycles. The van der Waals surface area contributed by atoms with Gasteiger partial charge in [-0.2, -0.15) is 0 Å². The molecule has 5 nitrogen and oxygen atoms in total. The van der Waals surface area contributed by atoms with Crippen LogP contribution in [-0.2, 0) is 19.4 Å². The zero-order chi connectivity index (χ0) is 15.5. The normalized spacial score (nSPS) is 17.2. The van der Waals surface area contributed by atoms with Crippen LogP contribution in [0.15, 0.2) is 23.6 Å². The first kappa shape index (κ1) is 15.1. The van der Waals surface area contributed by atoms with Crippen molar-refractivity contribution in [2.45, 2.75) is 45.2 Å². The van der Waals surface area contributed by atoms with Crippen molar-refractivity contribution in [3.8, 4) is 0 Å². The van der Waals surface area contributed by atoms with Crippen molar-refractivity contribution in [3.05, 3.63) is 55.5 Å². The summed E-state index contributed by atoms with van der Waals surface area (Å²) in [6.07, 6.45) is 4.09. The first-order valence-corrected chi connectivity index (χ1v) is 8.49. The number of nitro groups is 1. The second-order valence-corrected chi connectivity index (χ2v) is 6.49. The molecule has 1 aromatic carbocycles. The van der Waals surface area contributed by atoms with E-state index in [4.69, 9.17) is 0 Å². The lowest BCUT2D eigenvalue weighted by molar-refractivity contribution is -0.385. The maximum atomic E-state index is 11.0. The first-order valence-electron chi connectivity index (χ1n) is 7.61. The maximum Gasteiger partial charge on any atom is 0.269 e. The number of hydrogen-bond acceptors (Lipinski definition) is 5. The van der Waals surface area contributed by atoms with E-state index in [1.807, 2.05) is 6.07 Å². The van der Waals surface area contributed by atoms with E-state index >= 15 is 0 Å². The molecule has 0 bridgehead atoms. The van der Waals surface area contributed by atoms with Crippen molar-refractivity contribution in [1.29, 1.82) is 0 Å². The number of aromatic nitrogens is 1. The van der Waals surface area contributed by atoms with Crippen LogP contribution in [0.5, 0.6) is 0 Å². The van der Waals surface area contributed by atoms with E-state index in [1.165, 1.54) is 5.56 Å². The number of benzene rings is 1. The lowest BCUT2D eigenvalue weighted by Crippen LogP contribution is -2.25. The van der Waals surface area contributed by atoms with Crippen LogP contribution in [0.3, 0.4) is 0 Å². The number of fused-ring (bicyclic) bond motifs is 1. The van der Waals surface area contributed by atoms with Crippen LogP contribution in [0.2, 0.25) is 0 Å². The van der Waals surface area contributed by atoms with Crippen LogP contribution in [0.25, 0.3) is 0 Å². The zero-order valence-corrected chi connectivity index (χ0v) is 13.4. The Morgan fingerprint density at radius 1 is 1.50 bits per heavy atom. The molecule has 1 aromatic heterocycles. The van der Waals surface area contributed by atoms with Gasteiger partial charge in [0.15, 0.2) is 0 Å². The van der Waals surface area contributed by atoms with E-state index in [1.54, 1.807) is 23.5 Å². The Kier molecular flexibility index (Phi) is 4.49. The Labute approximate surface area is 133 Å². The molecule has 1 aliphatic rings. The predicted molar refractivity (Wildman–Crippen MR) is 87.1 cm³/mol. The molecule has 1 aliphatic carbocycles. The van der Waals surface area contributed by atoms with Crippen LogP contribution in [0.4, 0.5) is 5.69 Å². The van der Waals surface area contributed by atoms with Gasteiger partial charge in [0.1, 0.15) is 0 Å². The smallest absolute Gasteiger partial charge is 0.269 e. The summed E-state index contributed by atoms with van der Waals surface area (Å²) in [6.45, 7) is 2.82. The van der Waals surface area contributed by atoms with Crippen molar-refractivity contribution in [2.24, 2.45) is 0 Å². The zero-order valence-electron chi connectivity index (χ0n) is 12.5. The minimum atomic E-state index is -0.320. The number of rotatable bonds is 5. The SMILES string of the molecule is CCc1nc(CN[C@@H]2CCCc3ccc([N+](=O)[O-])cc32)cs1. The fourth-order valence-corrected chi connectivity index (χ4v) is 3.68. The summed E-state index contributed by atoms with van der Waals surface area (Å²) in [5.74, 6) is 0. The van der Waals surface area contributed by atoms with Gasteiger partial charge >= 0.3 is 0 Å². The van der Waals surface area contributed by atoms with Gasteiger partial charge < -0.3 is 5.32 Å². The summed E-state index contributed by atoms with van der Waals surface area (Å²) in [5.41, 5.74) is 3.53. The Morgan fingerprint density at radius 3 is 3.09 bits per heavy atom. The van der Waals surface area contributed by atoms with Gasteiger partial charge in [0, 0.05) is 30.1 Å². The van der Waals surface area contributed by atoms with Gasteiger partial charge in [0.05, 0.1) is 15.6 Å². The quantitative estimate of drug-likeness (QED) is 0.673. The summed E-state index contributed by atoms with van der Waals surface area (Å²) in [7, 11) is 0. The fraction of sp³-hybridized carbons (Fsp3) is 0.438. The molecule has 0 fully saturated rings. The number of aryl methyl sites for hydroxylation is 2. The third-order valence-electron chi connectivity index (χ3n) is 4.09. The summed E-state index contributed by atoms with van der Waals surface area (Å²) >= 11 is 1.69. The number of nitrogens with zero attached hydrogens (tertiary/aromatic N) is 2. The summed E-state index contributed by atoms with van der Waals surface area (Å²) in [6, 6.07) is 5.41. The molecule has 22 heavy (non-hydrogen) atoms. The molecule has 0 unspecified atom stereocenters. The largest absolute Gasteiger partial charge is 0.304 e. The van der Waals surface area contributed by atoms with Crippen LogP contribution in [0, 0.1) is 10.1 Å². The topological polar surface area (TPSA) is 68.1 Å². The van der Waals surface area contributed by atoms with Crippen molar-refractivity contribution in [1.82, 2.24) is 10.3 Å². The fourth-order valence-electron chi connectivity index (χ4n) is 2.93. The average molecular weight is 317 g/mol. The number of nitro benzene ring substituents is 1. The van der Waals surface area contributed by atoms with E-state index in [0.717, 1.165) is 41.9 Å². The Balaban J connectivity index is 1.75. The number of thiazole rings is 1. The van der Waals surface area contributed by atoms with Crippen molar-refractivity contribution in [3.63, 3.8) is 0 Å². The van der Waals surface area contributed by atoms with Crippen molar-refractivity contribution in [2.75, 3.05) is 0 Å². The summed E-state index contributed by atoms with van der Waals surface area (Å²) in [5, 5.41) is 17.7. The van der Waals surface area contributed by atoms with Crippen molar-refractivity contribution < 1.29 is 4.92 Å². The molecular weight excluding hydrogens is 298 g/mol. The summed E-state index contributed by atoms with van der Waals surface area (Å²) in [4.78, 5) is 15.2. The number of non-ortho nitro benzene ring substituents is 1. The van der Waals surface area contributed by atoms with Crippen LogP contribution >= 0.6 is 11.3 Å². The molecule has 0 radical (unpaired) electrons. The second-order valence-electron chi connectivity index (χ2n) is 5.55. The van der Waals surface area contributed by atoms with E-state index in [9.17, 15) is 10.1 Å². The molecule has 1 N–H and O–H groups in total. The van der Waals surface area contributed by atoms with Gasteiger partial charge in [-0.1, -0.05) is 13.0 Å². The van der Waals surface area contributed by atoms with Gasteiger partial charge in [-0.15, -0.1) is 11.3 Å². The van der Waals surface area contributed by atoms with E-state index in [0.29, 0.717) is 6.54 Å². The minimum Gasteiger partial charge on any atom is -0.304 e. The number of hydrogen-bond donors (Lipinski definition) is 1. The first-order chi connectivity index (χ1) is 10.7. The Bertz CT molecular complexity index is 684. The van der Waals surface area contributed by atoms with E-state index in [-0.39, 0.29) is 16.7 Å². The summed E-state index contributed by atoms with van der Waals surface area (Å²) < 4.78 is 0. The highest BCUT2D eigenvalue weighted by Gasteiger charge is 2.22. The molecule has 1 heterocycles. The molecule has 0 aliphatic heterocycles. The highest BCUT2D eigenvalue weighted by molar-refractivity contribution is 7.09. The average Bonchev–Trinajstić information content (AvgIpc) is 3.00. The minimum absolute atomic E-state index is 0.175.